The zero-order chi connectivity index (χ0) is 22.3. The maximum atomic E-state index is 12.8. The Morgan fingerprint density at radius 2 is 1.25 bits per heavy atom. The third-order valence-electron chi connectivity index (χ3n) is 5.63. The van der Waals surface area contributed by atoms with Gasteiger partial charge >= 0.3 is 6.03 Å². The minimum atomic E-state index is -0.143. The van der Waals surface area contributed by atoms with Crippen molar-refractivity contribution in [2.75, 3.05) is 36.8 Å². The van der Waals surface area contributed by atoms with Crippen molar-refractivity contribution in [3.05, 3.63) is 96.1 Å². The molecule has 1 aliphatic heterocycles. The summed E-state index contributed by atoms with van der Waals surface area (Å²) >= 11 is 0. The van der Waals surface area contributed by atoms with E-state index in [1.54, 1.807) is 12.1 Å². The summed E-state index contributed by atoms with van der Waals surface area (Å²) in [4.78, 5) is 28.4. The standard InChI is InChI=1S/C26H28N4O2/c1-20(31)27-23-13-8-14-24(19-23)28-26(32)30-17-15-29(16-18-30)25(21-9-4-2-5-10-21)22-11-6-3-7-12-22/h2-14,19,25H,15-18H2,1H3,(H,27,31)(H,28,32). The van der Waals surface area contributed by atoms with E-state index in [4.69, 9.17) is 0 Å². The molecule has 0 unspecified atom stereocenters. The number of rotatable bonds is 5. The molecule has 3 aromatic carbocycles. The quantitative estimate of drug-likeness (QED) is 0.625. The molecule has 0 aromatic heterocycles. The van der Waals surface area contributed by atoms with E-state index in [0.29, 0.717) is 24.5 Å². The Morgan fingerprint density at radius 1 is 0.719 bits per heavy atom. The highest BCUT2D eigenvalue weighted by Crippen LogP contribution is 2.29. The summed E-state index contributed by atoms with van der Waals surface area (Å²) < 4.78 is 0. The molecule has 0 saturated carbocycles. The molecule has 0 radical (unpaired) electrons. The molecule has 4 rings (SSSR count). The van der Waals surface area contributed by atoms with Crippen molar-refractivity contribution in [2.45, 2.75) is 13.0 Å². The summed E-state index contributed by atoms with van der Waals surface area (Å²) in [5.41, 5.74) is 3.83. The number of nitrogens with one attached hydrogen (secondary N) is 2. The van der Waals surface area contributed by atoms with Gasteiger partial charge in [0.15, 0.2) is 0 Å². The lowest BCUT2D eigenvalue weighted by Crippen LogP contribution is -2.51. The molecular formula is C26H28N4O2. The van der Waals surface area contributed by atoms with Crippen LogP contribution in [-0.2, 0) is 4.79 Å². The summed E-state index contributed by atoms with van der Waals surface area (Å²) in [5.74, 6) is -0.143. The lowest BCUT2D eigenvalue weighted by molar-refractivity contribution is -0.114. The molecule has 32 heavy (non-hydrogen) atoms. The SMILES string of the molecule is CC(=O)Nc1cccc(NC(=O)N2CCN(C(c3ccccc3)c3ccccc3)CC2)c1. The number of piperazine rings is 1. The predicted octanol–water partition coefficient (Wildman–Crippen LogP) is 4.58. The second-order valence-electron chi connectivity index (χ2n) is 7.94. The number of amides is 3. The minimum Gasteiger partial charge on any atom is -0.326 e. The molecule has 0 aliphatic carbocycles. The van der Waals surface area contributed by atoms with Crippen LogP contribution in [0.4, 0.5) is 16.2 Å². The Labute approximate surface area is 188 Å². The fourth-order valence-electron chi connectivity index (χ4n) is 4.15. The number of nitrogens with zero attached hydrogens (tertiary/aromatic N) is 2. The van der Waals surface area contributed by atoms with Crippen LogP contribution in [0.5, 0.6) is 0 Å². The molecule has 2 N–H and O–H groups in total. The first-order chi connectivity index (χ1) is 15.6. The van der Waals surface area contributed by atoms with Crippen molar-refractivity contribution in [3.63, 3.8) is 0 Å². The molecule has 6 nitrogen and oxygen atoms in total. The normalized spacial score (nSPS) is 14.2. The third-order valence-corrected chi connectivity index (χ3v) is 5.63. The largest absolute Gasteiger partial charge is 0.326 e. The van der Waals surface area contributed by atoms with Crippen LogP contribution in [0.15, 0.2) is 84.9 Å². The van der Waals surface area contributed by atoms with Gasteiger partial charge in [0.2, 0.25) is 5.91 Å². The van der Waals surface area contributed by atoms with E-state index in [0.717, 1.165) is 13.1 Å². The van der Waals surface area contributed by atoms with Crippen molar-refractivity contribution in [1.82, 2.24) is 9.80 Å². The van der Waals surface area contributed by atoms with Gasteiger partial charge in [-0.15, -0.1) is 0 Å². The Kier molecular flexibility index (Phi) is 6.82. The maximum absolute atomic E-state index is 12.8. The van der Waals surface area contributed by atoms with Gasteiger partial charge in [-0.2, -0.15) is 0 Å². The van der Waals surface area contributed by atoms with E-state index < -0.39 is 0 Å². The van der Waals surface area contributed by atoms with Gasteiger partial charge in [0.05, 0.1) is 6.04 Å². The van der Waals surface area contributed by atoms with Crippen LogP contribution in [0.2, 0.25) is 0 Å². The Morgan fingerprint density at radius 3 is 1.78 bits per heavy atom. The molecule has 6 heteroatoms. The number of anilines is 2. The summed E-state index contributed by atoms with van der Waals surface area (Å²) in [7, 11) is 0. The van der Waals surface area contributed by atoms with E-state index in [9.17, 15) is 9.59 Å². The number of hydrogen-bond donors (Lipinski definition) is 2. The monoisotopic (exact) mass is 428 g/mol. The second kappa shape index (κ2) is 10.1. The fourth-order valence-corrected chi connectivity index (χ4v) is 4.15. The number of carbonyl (C=O) groups excluding carboxylic acids is 2. The van der Waals surface area contributed by atoms with Gasteiger partial charge in [-0.05, 0) is 29.3 Å². The molecule has 0 spiro atoms. The van der Waals surface area contributed by atoms with E-state index in [2.05, 4.69) is 64.1 Å². The third kappa shape index (κ3) is 5.34. The average molecular weight is 429 g/mol. The number of hydrogen-bond acceptors (Lipinski definition) is 3. The second-order valence-corrected chi connectivity index (χ2v) is 7.94. The first kappa shape index (κ1) is 21.6. The van der Waals surface area contributed by atoms with Crippen molar-refractivity contribution < 1.29 is 9.59 Å². The molecule has 164 valence electrons. The van der Waals surface area contributed by atoms with Gasteiger partial charge in [0.1, 0.15) is 0 Å². The minimum absolute atomic E-state index is 0.124. The number of urea groups is 1. The topological polar surface area (TPSA) is 64.7 Å². The number of carbonyl (C=O) groups is 2. The van der Waals surface area contributed by atoms with Crippen molar-refractivity contribution in [1.29, 1.82) is 0 Å². The molecule has 1 fully saturated rings. The zero-order valence-electron chi connectivity index (χ0n) is 18.2. The fraction of sp³-hybridized carbons (Fsp3) is 0.231. The Hall–Kier alpha value is -3.64. The summed E-state index contributed by atoms with van der Waals surface area (Å²) in [6.45, 7) is 4.32. The van der Waals surface area contributed by atoms with Crippen LogP contribution in [0.1, 0.15) is 24.1 Å². The molecule has 1 saturated heterocycles. The summed E-state index contributed by atoms with van der Waals surface area (Å²) in [6.07, 6.45) is 0. The first-order valence-electron chi connectivity index (χ1n) is 10.9. The first-order valence-corrected chi connectivity index (χ1v) is 10.9. The Balaban J connectivity index is 1.41. The van der Waals surface area contributed by atoms with Crippen LogP contribution < -0.4 is 10.6 Å². The van der Waals surface area contributed by atoms with E-state index in [1.807, 2.05) is 29.2 Å². The Bertz CT molecular complexity index is 1010. The van der Waals surface area contributed by atoms with Crippen molar-refractivity contribution >= 4 is 23.3 Å². The molecule has 0 bridgehead atoms. The molecule has 3 amide bonds. The van der Waals surface area contributed by atoms with Crippen LogP contribution >= 0.6 is 0 Å². The van der Waals surface area contributed by atoms with Gasteiger partial charge in [0.25, 0.3) is 0 Å². The highest BCUT2D eigenvalue weighted by molar-refractivity contribution is 5.92. The van der Waals surface area contributed by atoms with Crippen LogP contribution in [0.3, 0.4) is 0 Å². The summed E-state index contributed by atoms with van der Waals surface area (Å²) in [6, 6.07) is 28.3. The smallest absolute Gasteiger partial charge is 0.321 e. The van der Waals surface area contributed by atoms with E-state index >= 15 is 0 Å². The van der Waals surface area contributed by atoms with Crippen molar-refractivity contribution in [2.24, 2.45) is 0 Å². The van der Waals surface area contributed by atoms with E-state index in [-0.39, 0.29) is 18.0 Å². The van der Waals surface area contributed by atoms with Crippen LogP contribution in [0.25, 0.3) is 0 Å². The van der Waals surface area contributed by atoms with Crippen LogP contribution in [0, 0.1) is 0 Å². The highest BCUT2D eigenvalue weighted by atomic mass is 16.2. The predicted molar refractivity (Wildman–Crippen MR) is 128 cm³/mol. The van der Waals surface area contributed by atoms with Gasteiger partial charge in [-0.25, -0.2) is 4.79 Å². The highest BCUT2D eigenvalue weighted by Gasteiger charge is 2.28. The number of benzene rings is 3. The van der Waals surface area contributed by atoms with Gasteiger partial charge in [-0.1, -0.05) is 66.7 Å². The molecule has 3 aromatic rings. The molecule has 0 atom stereocenters. The average Bonchev–Trinajstić information content (AvgIpc) is 2.81. The van der Waals surface area contributed by atoms with Gasteiger partial charge in [-0.3, -0.25) is 9.69 Å². The molecule has 1 aliphatic rings. The zero-order valence-corrected chi connectivity index (χ0v) is 18.2. The van der Waals surface area contributed by atoms with Crippen LogP contribution in [-0.4, -0.2) is 47.9 Å². The molecular weight excluding hydrogens is 400 g/mol. The van der Waals surface area contributed by atoms with Gasteiger partial charge in [0, 0.05) is 44.5 Å². The van der Waals surface area contributed by atoms with Gasteiger partial charge < -0.3 is 15.5 Å². The summed E-state index contributed by atoms with van der Waals surface area (Å²) in [5, 5.41) is 5.69. The van der Waals surface area contributed by atoms with Crippen molar-refractivity contribution in [3.8, 4) is 0 Å². The lowest BCUT2D eigenvalue weighted by atomic mass is 9.96. The maximum Gasteiger partial charge on any atom is 0.321 e. The lowest BCUT2D eigenvalue weighted by Gasteiger charge is -2.39. The van der Waals surface area contributed by atoms with E-state index in [1.165, 1.54) is 18.1 Å². The molecule has 1 heterocycles.